The first-order chi connectivity index (χ1) is 14.9. The van der Waals surface area contributed by atoms with Gasteiger partial charge in [0.2, 0.25) is 0 Å². The average molecular weight is 515 g/mol. The standard InChI is InChI=1S/2C9H9N.C7H8O3S.BrH/c2*1-2-4-9-7-10-6-5-8(9)3-1;1-6-2-4-7(5-3-6)11(8,9)10;/h2*1-6,10H,7H2;2-5H,1H3,(H,8,9,10);1H. The van der Waals surface area contributed by atoms with E-state index in [1.165, 1.54) is 34.4 Å². The Morgan fingerprint density at radius 3 is 1.56 bits per heavy atom. The summed E-state index contributed by atoms with van der Waals surface area (Å²) in [6, 6.07) is 22.8. The zero-order valence-electron chi connectivity index (χ0n) is 17.8. The Balaban J connectivity index is 0.000000168. The summed E-state index contributed by atoms with van der Waals surface area (Å²) in [6.45, 7) is 4.00. The first kappa shape index (κ1) is 25.7. The lowest BCUT2D eigenvalue weighted by Crippen LogP contribution is -3.00. The molecule has 0 atom stereocenters. The molecule has 0 fully saturated rings. The van der Waals surface area contributed by atoms with E-state index in [4.69, 9.17) is 0 Å². The van der Waals surface area contributed by atoms with E-state index in [9.17, 15) is 13.0 Å². The maximum Gasteiger partial charge on any atom is 0.124 e. The minimum atomic E-state index is -4.27. The maximum atomic E-state index is 10.4. The number of benzene rings is 3. The van der Waals surface area contributed by atoms with Crippen LogP contribution >= 0.6 is 0 Å². The molecule has 0 saturated carbocycles. The lowest BCUT2D eigenvalue weighted by molar-refractivity contribution is -0.605. The van der Waals surface area contributed by atoms with Gasteiger partial charge >= 0.3 is 0 Å². The number of quaternary nitrogens is 2. The molecule has 2 aliphatic rings. The largest absolute Gasteiger partial charge is 1.00 e. The molecule has 2 aliphatic heterocycles. The summed E-state index contributed by atoms with van der Waals surface area (Å²) in [5.41, 5.74) is 6.53. The van der Waals surface area contributed by atoms with Gasteiger partial charge < -0.3 is 32.2 Å². The van der Waals surface area contributed by atoms with E-state index in [-0.39, 0.29) is 21.9 Å². The molecular formula is C25H27BrN2O3S. The van der Waals surface area contributed by atoms with E-state index in [1.807, 2.05) is 6.92 Å². The summed E-state index contributed by atoms with van der Waals surface area (Å²) >= 11 is 0. The van der Waals surface area contributed by atoms with Crippen molar-refractivity contribution >= 4 is 22.3 Å². The Morgan fingerprint density at radius 2 is 1.16 bits per heavy atom. The van der Waals surface area contributed by atoms with Gasteiger partial charge in [0.05, 0.1) is 17.3 Å². The van der Waals surface area contributed by atoms with Crippen LogP contribution in [0.3, 0.4) is 0 Å². The second-order valence-corrected chi connectivity index (χ2v) is 8.64. The quantitative estimate of drug-likeness (QED) is 0.423. The van der Waals surface area contributed by atoms with Crippen LogP contribution in [0.1, 0.15) is 27.8 Å². The molecular weight excluding hydrogens is 488 g/mol. The molecule has 3 aromatic carbocycles. The van der Waals surface area contributed by atoms with E-state index >= 15 is 0 Å². The molecule has 0 unspecified atom stereocenters. The topological polar surface area (TPSA) is 90.4 Å². The van der Waals surface area contributed by atoms with Gasteiger partial charge in [0.15, 0.2) is 0 Å². The lowest BCUT2D eigenvalue weighted by atomic mass is 10.1. The Bertz CT molecular complexity index is 1120. The highest BCUT2D eigenvalue weighted by Gasteiger charge is 2.04. The fourth-order valence-electron chi connectivity index (χ4n) is 3.20. The van der Waals surface area contributed by atoms with Gasteiger partial charge in [-0.3, -0.25) is 0 Å². The van der Waals surface area contributed by atoms with Crippen LogP contribution in [0.4, 0.5) is 0 Å². The van der Waals surface area contributed by atoms with Gasteiger partial charge in [-0.2, -0.15) is 0 Å². The smallest absolute Gasteiger partial charge is 0.124 e. The number of halogens is 1. The van der Waals surface area contributed by atoms with E-state index in [0.717, 1.165) is 18.7 Å². The van der Waals surface area contributed by atoms with Gasteiger partial charge in [-0.05, 0) is 42.3 Å². The van der Waals surface area contributed by atoms with Crippen LogP contribution in [0.5, 0.6) is 0 Å². The third kappa shape index (κ3) is 7.85. The highest BCUT2D eigenvalue weighted by Crippen LogP contribution is 2.11. The second kappa shape index (κ2) is 12.5. The molecule has 0 aliphatic carbocycles. The Kier molecular flexibility index (Phi) is 10.0. The number of fused-ring (bicyclic) bond motifs is 2. The van der Waals surface area contributed by atoms with Crippen molar-refractivity contribution in [3.63, 3.8) is 0 Å². The number of rotatable bonds is 1. The summed E-state index contributed by atoms with van der Waals surface area (Å²) in [5.74, 6) is 0. The molecule has 2 heterocycles. The molecule has 32 heavy (non-hydrogen) atoms. The first-order valence-electron chi connectivity index (χ1n) is 10.1. The minimum absolute atomic E-state index is 0. The van der Waals surface area contributed by atoms with E-state index in [2.05, 4.69) is 83.7 Å². The highest BCUT2D eigenvalue weighted by molar-refractivity contribution is 7.85. The molecule has 0 saturated heterocycles. The molecule has 0 amide bonds. The Hall–Kier alpha value is -2.55. The van der Waals surface area contributed by atoms with Gasteiger partial charge in [-0.1, -0.05) is 66.2 Å². The van der Waals surface area contributed by atoms with Crippen LogP contribution in [0.25, 0.3) is 12.2 Å². The van der Waals surface area contributed by atoms with Crippen molar-refractivity contribution in [2.45, 2.75) is 24.9 Å². The zero-order valence-corrected chi connectivity index (χ0v) is 20.2. The van der Waals surface area contributed by atoms with Crippen molar-refractivity contribution in [3.05, 3.63) is 113 Å². The summed E-state index contributed by atoms with van der Waals surface area (Å²) in [4.78, 5) is -0.178. The number of nitrogens with two attached hydrogens (primary N) is 2. The highest BCUT2D eigenvalue weighted by atomic mass is 79.9. The average Bonchev–Trinajstić information content (AvgIpc) is 2.80. The zero-order chi connectivity index (χ0) is 22.1. The fraction of sp³-hybridized carbons (Fsp3) is 0.120. The van der Waals surface area contributed by atoms with Gasteiger partial charge in [-0.15, -0.1) is 0 Å². The summed E-state index contributed by atoms with van der Waals surface area (Å²) in [6.07, 6.45) is 8.53. The van der Waals surface area contributed by atoms with Crippen LogP contribution in [-0.2, 0) is 23.2 Å². The molecule has 5 nitrogen and oxygen atoms in total. The maximum absolute atomic E-state index is 10.4. The third-order valence-corrected chi connectivity index (χ3v) is 5.77. The number of hydrogen-bond donors (Lipinski definition) is 2. The van der Waals surface area contributed by atoms with Gasteiger partial charge in [0.1, 0.15) is 23.2 Å². The lowest BCUT2D eigenvalue weighted by Gasteiger charge is -2.06. The summed E-state index contributed by atoms with van der Waals surface area (Å²) < 4.78 is 31.2. The molecule has 3 aromatic rings. The molecule has 5 rings (SSSR count). The van der Waals surface area contributed by atoms with Crippen molar-refractivity contribution in [2.24, 2.45) is 0 Å². The summed E-state index contributed by atoms with van der Waals surface area (Å²) in [5, 5.41) is 4.37. The number of aryl methyl sites for hydroxylation is 1. The van der Waals surface area contributed by atoms with Gasteiger partial charge in [0, 0.05) is 11.1 Å². The molecule has 0 bridgehead atoms. The molecule has 4 N–H and O–H groups in total. The fourth-order valence-corrected chi connectivity index (χ4v) is 3.67. The summed E-state index contributed by atoms with van der Waals surface area (Å²) in [7, 11) is -4.27. The van der Waals surface area contributed by atoms with Crippen LogP contribution < -0.4 is 27.6 Å². The van der Waals surface area contributed by atoms with Crippen LogP contribution in [0.15, 0.2) is 90.1 Å². The molecule has 0 aromatic heterocycles. The van der Waals surface area contributed by atoms with Crippen LogP contribution in [-0.4, -0.2) is 13.0 Å². The molecule has 0 spiro atoms. The van der Waals surface area contributed by atoms with Crippen molar-refractivity contribution in [1.82, 2.24) is 0 Å². The third-order valence-electron chi connectivity index (χ3n) is 4.92. The molecule has 0 radical (unpaired) electrons. The predicted octanol–water partition coefficient (Wildman–Crippen LogP) is -0.628. The monoisotopic (exact) mass is 514 g/mol. The van der Waals surface area contributed by atoms with Crippen LogP contribution in [0, 0.1) is 6.92 Å². The SMILES string of the molecule is C1=Cc2ccccc2C[NH2+]1.C1=Cc2ccccc2C[NH2+]1.Cc1ccc(S(=O)(=O)[O-])cc1.[Br-]. The van der Waals surface area contributed by atoms with Crippen molar-refractivity contribution in [2.75, 3.05) is 0 Å². The van der Waals surface area contributed by atoms with Crippen molar-refractivity contribution in [1.29, 1.82) is 0 Å². The Labute approximate surface area is 200 Å². The van der Waals surface area contributed by atoms with Crippen LogP contribution in [0.2, 0.25) is 0 Å². The van der Waals surface area contributed by atoms with Crippen molar-refractivity contribution in [3.8, 4) is 0 Å². The normalized spacial score (nSPS) is 13.2. The van der Waals surface area contributed by atoms with E-state index in [0.29, 0.717) is 0 Å². The van der Waals surface area contributed by atoms with Crippen molar-refractivity contribution < 1.29 is 40.6 Å². The van der Waals surface area contributed by atoms with Gasteiger partial charge in [-0.25, -0.2) is 8.42 Å². The predicted molar refractivity (Wildman–Crippen MR) is 121 cm³/mol. The minimum Gasteiger partial charge on any atom is -1.00 e. The van der Waals surface area contributed by atoms with Gasteiger partial charge in [0.25, 0.3) is 0 Å². The molecule has 168 valence electrons. The Morgan fingerprint density at radius 1 is 0.719 bits per heavy atom. The van der Waals surface area contributed by atoms with E-state index in [1.54, 1.807) is 12.1 Å². The number of hydrogen-bond acceptors (Lipinski definition) is 3. The molecule has 7 heteroatoms. The first-order valence-corrected chi connectivity index (χ1v) is 11.5. The second-order valence-electron chi connectivity index (χ2n) is 7.26. The van der Waals surface area contributed by atoms with E-state index < -0.39 is 10.1 Å².